The number of hydrogen-bond acceptors (Lipinski definition) is 6. The Balaban J connectivity index is 1.26. The number of nitrogens with one attached hydrogen (secondary N) is 2. The van der Waals surface area contributed by atoms with Crippen LogP contribution in [0.5, 0.6) is 0 Å². The smallest absolute Gasteiger partial charge is 0.266 e. The molecule has 10 heteroatoms. The van der Waals surface area contributed by atoms with Gasteiger partial charge in [0.15, 0.2) is 0 Å². The molecule has 0 saturated carbocycles. The van der Waals surface area contributed by atoms with Crippen LogP contribution in [0.15, 0.2) is 72.8 Å². The van der Waals surface area contributed by atoms with Crippen LogP contribution in [0.1, 0.15) is 22.3 Å². The molecule has 0 fully saturated rings. The number of carbonyl (C=O) groups excluding carboxylic acids is 2. The van der Waals surface area contributed by atoms with Crippen molar-refractivity contribution in [3.63, 3.8) is 0 Å². The molecule has 0 aliphatic heterocycles. The Hall–Kier alpha value is -3.60. The third kappa shape index (κ3) is 6.95. The summed E-state index contributed by atoms with van der Waals surface area (Å²) in [7, 11) is -4.12. The molecule has 0 unspecified atom stereocenters. The van der Waals surface area contributed by atoms with E-state index < -0.39 is 21.8 Å². The van der Waals surface area contributed by atoms with Crippen molar-refractivity contribution in [1.82, 2.24) is 10.3 Å². The van der Waals surface area contributed by atoms with Crippen molar-refractivity contribution in [3.05, 3.63) is 83.9 Å². The van der Waals surface area contributed by atoms with E-state index in [0.717, 1.165) is 26.4 Å². The summed E-state index contributed by atoms with van der Waals surface area (Å²) in [5, 5.41) is 6.25. The SMILES string of the molecule is O=C(CCc1ccc(C(=O)NCCS(=O)(=O)O)cc1)Nc1ccc(-c2nc3ccccc3s2)cc1. The van der Waals surface area contributed by atoms with Gasteiger partial charge in [0.05, 0.1) is 16.0 Å². The molecule has 0 aliphatic carbocycles. The molecule has 0 saturated heterocycles. The lowest BCUT2D eigenvalue weighted by atomic mass is 10.1. The van der Waals surface area contributed by atoms with E-state index in [1.807, 2.05) is 48.5 Å². The third-order valence-corrected chi connectivity index (χ3v) is 7.02. The van der Waals surface area contributed by atoms with Gasteiger partial charge < -0.3 is 10.6 Å². The van der Waals surface area contributed by atoms with Gasteiger partial charge in [-0.05, 0) is 60.5 Å². The molecule has 35 heavy (non-hydrogen) atoms. The molecule has 8 nitrogen and oxygen atoms in total. The van der Waals surface area contributed by atoms with E-state index in [4.69, 9.17) is 4.55 Å². The zero-order chi connectivity index (χ0) is 24.8. The summed E-state index contributed by atoms with van der Waals surface area (Å²) in [4.78, 5) is 29.0. The average Bonchev–Trinajstić information content (AvgIpc) is 3.27. The molecule has 0 aliphatic rings. The Bertz CT molecular complexity index is 1410. The van der Waals surface area contributed by atoms with Crippen LogP contribution < -0.4 is 10.6 Å². The van der Waals surface area contributed by atoms with E-state index in [9.17, 15) is 18.0 Å². The summed E-state index contributed by atoms with van der Waals surface area (Å²) in [6.45, 7) is -0.179. The standard InChI is InChI=1S/C25H23N3O5S2/c29-23(14-7-17-5-8-18(9-6-17)24(30)26-15-16-35(31,32)33)27-20-12-10-19(11-13-20)25-28-21-3-1-2-4-22(21)34-25/h1-6,8-13H,7,14-16H2,(H,26,30)(H,27,29)(H,31,32,33). The van der Waals surface area contributed by atoms with Crippen LogP contribution >= 0.6 is 11.3 Å². The van der Waals surface area contributed by atoms with E-state index in [1.54, 1.807) is 35.6 Å². The Labute approximate surface area is 206 Å². The normalized spacial score (nSPS) is 11.3. The van der Waals surface area contributed by atoms with Crippen molar-refractivity contribution in [3.8, 4) is 10.6 Å². The second-order valence-electron chi connectivity index (χ2n) is 7.85. The first-order chi connectivity index (χ1) is 16.8. The zero-order valence-electron chi connectivity index (χ0n) is 18.6. The van der Waals surface area contributed by atoms with Gasteiger partial charge in [-0.2, -0.15) is 8.42 Å². The van der Waals surface area contributed by atoms with Crippen LogP contribution in [-0.4, -0.2) is 42.1 Å². The highest BCUT2D eigenvalue weighted by Crippen LogP contribution is 2.30. The van der Waals surface area contributed by atoms with Crippen molar-refractivity contribution in [2.45, 2.75) is 12.8 Å². The summed E-state index contributed by atoms with van der Waals surface area (Å²) in [5.74, 6) is -1.10. The topological polar surface area (TPSA) is 125 Å². The molecular weight excluding hydrogens is 486 g/mol. The van der Waals surface area contributed by atoms with Crippen LogP contribution in [0.25, 0.3) is 20.8 Å². The number of nitrogens with zero attached hydrogens (tertiary/aromatic N) is 1. The van der Waals surface area contributed by atoms with Gasteiger partial charge in [0.1, 0.15) is 5.01 Å². The van der Waals surface area contributed by atoms with Crippen LogP contribution in [-0.2, 0) is 21.3 Å². The molecule has 0 spiro atoms. The van der Waals surface area contributed by atoms with E-state index in [1.165, 1.54) is 0 Å². The van der Waals surface area contributed by atoms with Gasteiger partial charge in [-0.1, -0.05) is 24.3 Å². The molecule has 1 aromatic heterocycles. The maximum Gasteiger partial charge on any atom is 0.266 e. The number of aromatic nitrogens is 1. The number of hydrogen-bond donors (Lipinski definition) is 3. The lowest BCUT2D eigenvalue weighted by Crippen LogP contribution is -2.28. The molecule has 4 aromatic rings. The Morgan fingerprint density at radius 1 is 0.943 bits per heavy atom. The summed E-state index contributed by atoms with van der Waals surface area (Å²) < 4.78 is 31.3. The summed E-state index contributed by atoms with van der Waals surface area (Å²) in [5.41, 5.74) is 3.92. The minimum atomic E-state index is -4.12. The van der Waals surface area contributed by atoms with E-state index in [-0.39, 0.29) is 18.9 Å². The minimum absolute atomic E-state index is 0.121. The molecule has 0 radical (unpaired) electrons. The molecule has 4 rings (SSSR count). The van der Waals surface area contributed by atoms with E-state index in [0.29, 0.717) is 17.7 Å². The van der Waals surface area contributed by atoms with E-state index in [2.05, 4.69) is 15.6 Å². The predicted octanol–water partition coefficient (Wildman–Crippen LogP) is 4.15. The second-order valence-corrected chi connectivity index (χ2v) is 10.5. The van der Waals surface area contributed by atoms with Gasteiger partial charge in [0.25, 0.3) is 16.0 Å². The monoisotopic (exact) mass is 509 g/mol. The van der Waals surface area contributed by atoms with Crippen LogP contribution in [0, 0.1) is 0 Å². The molecule has 1 heterocycles. The fourth-order valence-corrected chi connectivity index (χ4v) is 4.72. The Morgan fingerprint density at radius 3 is 2.34 bits per heavy atom. The zero-order valence-corrected chi connectivity index (χ0v) is 20.2. The van der Waals surface area contributed by atoms with Crippen LogP contribution in [0.2, 0.25) is 0 Å². The van der Waals surface area contributed by atoms with Crippen molar-refractivity contribution >= 4 is 49.2 Å². The fraction of sp³-hybridized carbons (Fsp3) is 0.160. The molecule has 0 bridgehead atoms. The first-order valence-corrected chi connectivity index (χ1v) is 13.3. The number of para-hydroxylation sites is 1. The average molecular weight is 510 g/mol. The lowest BCUT2D eigenvalue weighted by Gasteiger charge is -2.07. The van der Waals surface area contributed by atoms with Crippen LogP contribution in [0.3, 0.4) is 0 Å². The number of anilines is 1. The van der Waals surface area contributed by atoms with Crippen LogP contribution in [0.4, 0.5) is 5.69 Å². The largest absolute Gasteiger partial charge is 0.351 e. The number of fused-ring (bicyclic) bond motifs is 1. The fourth-order valence-electron chi connectivity index (χ4n) is 3.39. The molecule has 3 N–H and O–H groups in total. The highest BCUT2D eigenvalue weighted by Gasteiger charge is 2.10. The molecule has 3 aromatic carbocycles. The number of amides is 2. The minimum Gasteiger partial charge on any atom is -0.351 e. The van der Waals surface area contributed by atoms with E-state index >= 15 is 0 Å². The quantitative estimate of drug-likeness (QED) is 0.291. The van der Waals surface area contributed by atoms with Gasteiger partial charge in [0.2, 0.25) is 5.91 Å². The molecular formula is C25H23N3O5S2. The second kappa shape index (κ2) is 10.8. The molecule has 180 valence electrons. The summed E-state index contributed by atoms with van der Waals surface area (Å²) in [6, 6.07) is 22.3. The van der Waals surface area contributed by atoms with Crippen molar-refractivity contribution in [1.29, 1.82) is 0 Å². The number of thiazole rings is 1. The number of rotatable bonds is 9. The molecule has 0 atom stereocenters. The predicted molar refractivity (Wildman–Crippen MR) is 137 cm³/mol. The summed E-state index contributed by atoms with van der Waals surface area (Å²) >= 11 is 1.63. The van der Waals surface area contributed by atoms with Crippen molar-refractivity contribution in [2.24, 2.45) is 0 Å². The van der Waals surface area contributed by atoms with Crippen molar-refractivity contribution in [2.75, 3.05) is 17.6 Å². The molecule has 2 amide bonds. The first-order valence-electron chi connectivity index (χ1n) is 10.8. The summed E-state index contributed by atoms with van der Waals surface area (Å²) in [6.07, 6.45) is 0.778. The lowest BCUT2D eigenvalue weighted by molar-refractivity contribution is -0.116. The Kier molecular flexibility index (Phi) is 7.54. The Morgan fingerprint density at radius 2 is 1.66 bits per heavy atom. The van der Waals surface area contributed by atoms with Gasteiger partial charge in [-0.3, -0.25) is 14.1 Å². The van der Waals surface area contributed by atoms with Crippen molar-refractivity contribution < 1.29 is 22.6 Å². The maximum absolute atomic E-state index is 12.4. The number of carbonyl (C=O) groups is 2. The highest BCUT2D eigenvalue weighted by atomic mass is 32.2. The number of benzene rings is 3. The maximum atomic E-state index is 12.4. The first kappa shape index (κ1) is 24.5. The van der Waals surface area contributed by atoms with Gasteiger partial charge in [0, 0.05) is 29.8 Å². The highest BCUT2D eigenvalue weighted by molar-refractivity contribution is 7.85. The van der Waals surface area contributed by atoms with Gasteiger partial charge in [-0.15, -0.1) is 11.3 Å². The third-order valence-electron chi connectivity index (χ3n) is 5.21. The van der Waals surface area contributed by atoms with Gasteiger partial charge in [-0.25, -0.2) is 4.98 Å². The van der Waals surface area contributed by atoms with Gasteiger partial charge >= 0.3 is 0 Å². The number of aryl methyl sites for hydroxylation is 1.